The molecule has 0 heterocycles. The Bertz CT molecular complexity index is 1710. The molecule has 0 aromatic heterocycles. The molecule has 0 fully saturated rings. The minimum atomic E-state index is -5.15. The number of hydrogen-bond donors (Lipinski definition) is 3. The van der Waals surface area contributed by atoms with Crippen molar-refractivity contribution in [2.45, 2.75) is 9.79 Å². The van der Waals surface area contributed by atoms with E-state index in [2.05, 4.69) is 10.2 Å². The fraction of sp³-hybridized carbons (Fsp3) is 0. The summed E-state index contributed by atoms with van der Waals surface area (Å²) in [6, 6.07) is 11.4. The van der Waals surface area contributed by atoms with Gasteiger partial charge in [-0.3, -0.25) is 0 Å². The van der Waals surface area contributed by atoms with E-state index in [1.54, 1.807) is 0 Å². The van der Waals surface area contributed by atoms with Gasteiger partial charge in [-0.1, -0.05) is 24.3 Å². The molecule has 15 heteroatoms. The molecule has 35 heavy (non-hydrogen) atoms. The monoisotopic (exact) mass is 533 g/mol. The van der Waals surface area contributed by atoms with Gasteiger partial charge >= 0.3 is 59.1 Å². The van der Waals surface area contributed by atoms with Gasteiger partial charge in [-0.15, -0.1) is 10.2 Å². The summed E-state index contributed by atoms with van der Waals surface area (Å²) in [5.74, 6) is -1.31. The molecule has 0 spiro atoms. The molecule has 0 saturated carbocycles. The van der Waals surface area contributed by atoms with E-state index in [1.165, 1.54) is 36.4 Å². The molecule has 11 nitrogen and oxygen atoms in total. The quantitative estimate of drug-likeness (QED) is 0.107. The first-order chi connectivity index (χ1) is 15.4. The Morgan fingerprint density at radius 3 is 1.97 bits per heavy atom. The summed E-state index contributed by atoms with van der Waals surface area (Å²) in [6.07, 6.45) is 0. The summed E-state index contributed by atoms with van der Waals surface area (Å²) in [5, 5.41) is 28.5. The van der Waals surface area contributed by atoms with Crippen LogP contribution in [0.4, 0.5) is 17.1 Å². The van der Waals surface area contributed by atoms with Crippen LogP contribution in [0.3, 0.4) is 0 Å². The molecule has 4 aromatic carbocycles. The summed E-state index contributed by atoms with van der Waals surface area (Å²) in [4.78, 5) is -1.60. The average molecular weight is 533 g/mol. The largest absolute Gasteiger partial charge is 1.00 e. The number of nitrogen functional groups attached to an aromatic ring is 1. The molecule has 0 aliphatic rings. The average Bonchev–Trinajstić information content (AvgIpc) is 2.72. The van der Waals surface area contributed by atoms with Crippen LogP contribution in [0.1, 0.15) is 0 Å². The van der Waals surface area contributed by atoms with E-state index >= 15 is 0 Å². The van der Waals surface area contributed by atoms with E-state index in [1.807, 2.05) is 0 Å². The maximum Gasteiger partial charge on any atom is 1.00 e. The molecule has 0 unspecified atom stereocenters. The van der Waals surface area contributed by atoms with Gasteiger partial charge < -0.3 is 25.1 Å². The molecular formula is C20H13N3Na2O8S2. The van der Waals surface area contributed by atoms with Crippen LogP contribution < -0.4 is 64.8 Å². The van der Waals surface area contributed by atoms with Crippen molar-refractivity contribution in [3.05, 3.63) is 54.6 Å². The van der Waals surface area contributed by atoms with Crippen molar-refractivity contribution in [3.8, 4) is 11.5 Å². The molecule has 4 rings (SSSR count). The van der Waals surface area contributed by atoms with Gasteiger partial charge in [0.1, 0.15) is 37.4 Å². The van der Waals surface area contributed by atoms with Gasteiger partial charge in [0.2, 0.25) is 0 Å². The van der Waals surface area contributed by atoms with Gasteiger partial charge in [0, 0.05) is 16.5 Å². The van der Waals surface area contributed by atoms with Crippen LogP contribution in [-0.2, 0) is 20.2 Å². The van der Waals surface area contributed by atoms with Crippen molar-refractivity contribution >= 4 is 58.8 Å². The third kappa shape index (κ3) is 5.80. The SMILES string of the molecule is Nc1ccc2cc(S(=O)(=O)[O-])c(N=Nc3c(O)ccc4cccc(S(=O)(=O)[O-])c34)c(O)c2c1.[Na+].[Na+]. The molecular weight excluding hydrogens is 520 g/mol. The molecule has 4 aromatic rings. The van der Waals surface area contributed by atoms with Crippen LogP contribution in [0.2, 0.25) is 0 Å². The van der Waals surface area contributed by atoms with E-state index in [9.17, 15) is 36.2 Å². The number of phenols is 2. The second kappa shape index (κ2) is 10.7. The Labute approximate surface area is 243 Å². The molecule has 0 bridgehead atoms. The third-order valence-electron chi connectivity index (χ3n) is 4.82. The molecule has 0 aliphatic carbocycles. The number of rotatable bonds is 4. The first-order valence-corrected chi connectivity index (χ1v) is 11.8. The smallest absolute Gasteiger partial charge is 0.744 e. The molecule has 4 N–H and O–H groups in total. The van der Waals surface area contributed by atoms with Gasteiger partial charge in [0.25, 0.3) is 0 Å². The zero-order chi connectivity index (χ0) is 24.1. The number of phenolic OH excluding ortho intramolecular Hbond substituents is 2. The molecule has 0 amide bonds. The van der Waals surface area contributed by atoms with Crippen molar-refractivity contribution < 1.29 is 95.3 Å². The van der Waals surface area contributed by atoms with Gasteiger partial charge in [-0.05, 0) is 41.1 Å². The van der Waals surface area contributed by atoms with E-state index in [4.69, 9.17) is 5.73 Å². The second-order valence-electron chi connectivity index (χ2n) is 6.95. The topological polar surface area (TPSA) is 206 Å². The van der Waals surface area contributed by atoms with E-state index in [0.29, 0.717) is 0 Å². The van der Waals surface area contributed by atoms with Crippen molar-refractivity contribution in [3.63, 3.8) is 0 Å². The summed E-state index contributed by atoms with van der Waals surface area (Å²) in [5.41, 5.74) is 4.71. The number of benzene rings is 4. The second-order valence-corrected chi connectivity index (χ2v) is 9.64. The maximum atomic E-state index is 11.8. The van der Waals surface area contributed by atoms with Crippen LogP contribution in [0, 0.1) is 0 Å². The molecule has 0 saturated heterocycles. The summed E-state index contributed by atoms with van der Waals surface area (Å²) in [6.45, 7) is 0. The summed E-state index contributed by atoms with van der Waals surface area (Å²) >= 11 is 0. The Kier molecular flexibility index (Phi) is 8.99. The fourth-order valence-electron chi connectivity index (χ4n) is 3.37. The van der Waals surface area contributed by atoms with E-state index < -0.39 is 52.9 Å². The molecule has 170 valence electrons. The Hall–Kier alpha value is -1.78. The predicted molar refractivity (Wildman–Crippen MR) is 116 cm³/mol. The number of aromatic hydroxyl groups is 2. The van der Waals surface area contributed by atoms with Crippen molar-refractivity contribution in [2.75, 3.05) is 5.73 Å². The van der Waals surface area contributed by atoms with Gasteiger partial charge in [-0.2, -0.15) is 0 Å². The number of azo groups is 1. The van der Waals surface area contributed by atoms with Crippen LogP contribution >= 0.6 is 0 Å². The minimum absolute atomic E-state index is 0. The molecule has 0 aliphatic heterocycles. The van der Waals surface area contributed by atoms with Crippen LogP contribution in [0.15, 0.2) is 74.6 Å². The number of hydrogen-bond acceptors (Lipinski definition) is 11. The van der Waals surface area contributed by atoms with Gasteiger partial charge in [0.15, 0.2) is 5.75 Å². The number of anilines is 1. The predicted octanol–water partition coefficient (Wildman–Crippen LogP) is -2.78. The minimum Gasteiger partial charge on any atom is -0.744 e. The number of fused-ring (bicyclic) bond motifs is 2. The van der Waals surface area contributed by atoms with Crippen molar-refractivity contribution in [1.29, 1.82) is 0 Å². The molecule has 0 atom stereocenters. The maximum absolute atomic E-state index is 11.8. The summed E-state index contributed by atoms with van der Waals surface area (Å²) in [7, 11) is -10.1. The summed E-state index contributed by atoms with van der Waals surface area (Å²) < 4.78 is 70.7. The van der Waals surface area contributed by atoms with Gasteiger partial charge in [-0.25, -0.2) is 16.8 Å². The zero-order valence-electron chi connectivity index (χ0n) is 18.3. The van der Waals surface area contributed by atoms with E-state index in [0.717, 1.165) is 18.2 Å². The first kappa shape index (κ1) is 29.5. The normalized spacial score (nSPS) is 11.9. The van der Waals surface area contributed by atoms with Crippen molar-refractivity contribution in [1.82, 2.24) is 0 Å². The number of nitrogens with two attached hydrogens (primary N) is 1. The van der Waals surface area contributed by atoms with Crippen LogP contribution in [-0.4, -0.2) is 36.2 Å². The standard InChI is InChI=1S/C20H15N3O8S2.2Na/c21-12-6-4-11-8-16(33(29,30)31)19(20(25)13(11)9-12)23-22-18-14(24)7-5-10-2-1-3-15(17(10)18)32(26,27)28;;/h1-9,24-25H,21H2,(H,26,27,28)(H,29,30,31);;/q;2*+1/p-2. The zero-order valence-corrected chi connectivity index (χ0v) is 24.0. The van der Waals surface area contributed by atoms with Crippen LogP contribution in [0.25, 0.3) is 21.5 Å². The fourth-order valence-corrected chi connectivity index (χ4v) is 4.73. The first-order valence-electron chi connectivity index (χ1n) is 9.01. The Morgan fingerprint density at radius 1 is 0.743 bits per heavy atom. The van der Waals surface area contributed by atoms with E-state index in [-0.39, 0.29) is 86.3 Å². The Morgan fingerprint density at radius 2 is 1.34 bits per heavy atom. The number of nitrogens with zero attached hydrogens (tertiary/aromatic N) is 2. The third-order valence-corrected chi connectivity index (χ3v) is 6.55. The van der Waals surface area contributed by atoms with Crippen molar-refractivity contribution in [2.24, 2.45) is 10.2 Å². The van der Waals surface area contributed by atoms with Crippen LogP contribution in [0.5, 0.6) is 11.5 Å². The van der Waals surface area contributed by atoms with Gasteiger partial charge in [0.05, 0.1) is 9.79 Å². The molecule has 0 radical (unpaired) electrons. The Balaban J connectivity index is 0.00000216.